The molecule has 4 N–H and O–H groups in total. The number of amides is 2. The number of hydrogen-bond acceptors (Lipinski definition) is 5. The average Bonchev–Trinajstić information content (AvgIpc) is 3.30. The van der Waals surface area contributed by atoms with E-state index in [4.69, 9.17) is 0 Å². The Morgan fingerprint density at radius 2 is 2.00 bits per heavy atom. The smallest absolute Gasteiger partial charge is 0.259 e. The molecule has 4 heterocycles. The first-order valence-corrected chi connectivity index (χ1v) is 10.8. The normalized spacial score (nSPS) is 14.4. The van der Waals surface area contributed by atoms with Gasteiger partial charge >= 0.3 is 0 Å². The standard InChI is InChI=1S/C25H24N6O2/c1-25(2)14-30-23(32)19-12-16(5-6-20(19)25)31-24(33)18-4-3-9-26-22(18)29-13-15-7-10-27-21-17(15)8-11-28-21/h3-12H,13-14H2,1-2H3,(H,26,29)(H,27,28)(H,30,32)(H,31,33). The molecule has 0 spiro atoms. The summed E-state index contributed by atoms with van der Waals surface area (Å²) in [5.41, 5.74) is 4.23. The lowest BCUT2D eigenvalue weighted by Gasteiger charge is -2.32. The van der Waals surface area contributed by atoms with Gasteiger partial charge in [0, 0.05) is 53.7 Å². The predicted octanol–water partition coefficient (Wildman–Crippen LogP) is 3.84. The summed E-state index contributed by atoms with van der Waals surface area (Å²) in [6.45, 7) is 5.24. The highest BCUT2D eigenvalue weighted by atomic mass is 16.2. The van der Waals surface area contributed by atoms with E-state index >= 15 is 0 Å². The zero-order valence-corrected chi connectivity index (χ0v) is 18.4. The number of pyridine rings is 2. The lowest BCUT2D eigenvalue weighted by Crippen LogP contribution is -2.43. The van der Waals surface area contributed by atoms with Crippen LogP contribution in [0.3, 0.4) is 0 Å². The van der Waals surface area contributed by atoms with Gasteiger partial charge in [0.25, 0.3) is 11.8 Å². The molecule has 0 fully saturated rings. The molecule has 0 aliphatic carbocycles. The van der Waals surface area contributed by atoms with Crippen molar-refractivity contribution >= 4 is 34.4 Å². The van der Waals surface area contributed by atoms with Gasteiger partial charge in [0.15, 0.2) is 0 Å². The highest BCUT2D eigenvalue weighted by molar-refractivity contribution is 6.08. The van der Waals surface area contributed by atoms with E-state index in [-0.39, 0.29) is 17.2 Å². The number of aromatic amines is 1. The molecular formula is C25H24N6O2. The van der Waals surface area contributed by atoms with E-state index in [1.54, 1.807) is 30.6 Å². The first-order chi connectivity index (χ1) is 15.9. The lowest BCUT2D eigenvalue weighted by molar-refractivity contribution is 0.0928. The van der Waals surface area contributed by atoms with Crippen LogP contribution in [0.2, 0.25) is 0 Å². The van der Waals surface area contributed by atoms with Crippen LogP contribution in [-0.2, 0) is 12.0 Å². The summed E-state index contributed by atoms with van der Waals surface area (Å²) in [6.07, 6.45) is 5.24. The second-order valence-electron chi connectivity index (χ2n) is 8.74. The third kappa shape index (κ3) is 3.91. The molecule has 0 unspecified atom stereocenters. The van der Waals surface area contributed by atoms with E-state index in [0.717, 1.165) is 22.2 Å². The predicted molar refractivity (Wildman–Crippen MR) is 127 cm³/mol. The van der Waals surface area contributed by atoms with Gasteiger partial charge < -0.3 is 20.9 Å². The molecule has 5 rings (SSSR count). The first kappa shape index (κ1) is 20.7. The fourth-order valence-electron chi connectivity index (χ4n) is 4.17. The Bertz CT molecular complexity index is 1370. The Kier molecular flexibility index (Phi) is 5.05. The minimum absolute atomic E-state index is 0.127. The molecular weight excluding hydrogens is 416 g/mol. The highest BCUT2D eigenvalue weighted by Crippen LogP contribution is 2.31. The summed E-state index contributed by atoms with van der Waals surface area (Å²) in [5.74, 6) is 0.0486. The summed E-state index contributed by atoms with van der Waals surface area (Å²) < 4.78 is 0. The molecule has 2 amide bonds. The fraction of sp³-hybridized carbons (Fsp3) is 0.200. The van der Waals surface area contributed by atoms with Crippen molar-refractivity contribution in [2.45, 2.75) is 25.8 Å². The van der Waals surface area contributed by atoms with E-state index < -0.39 is 0 Å². The molecule has 0 radical (unpaired) electrons. The highest BCUT2D eigenvalue weighted by Gasteiger charge is 2.31. The number of fused-ring (bicyclic) bond motifs is 2. The maximum Gasteiger partial charge on any atom is 0.259 e. The van der Waals surface area contributed by atoms with Crippen molar-refractivity contribution in [3.8, 4) is 0 Å². The summed E-state index contributed by atoms with van der Waals surface area (Å²) in [5, 5.41) is 10.1. The zero-order valence-electron chi connectivity index (χ0n) is 18.4. The van der Waals surface area contributed by atoms with Crippen molar-refractivity contribution in [2.75, 3.05) is 17.2 Å². The van der Waals surface area contributed by atoms with Crippen LogP contribution in [0.4, 0.5) is 11.5 Å². The molecule has 0 saturated heterocycles. The molecule has 8 nitrogen and oxygen atoms in total. The number of anilines is 2. The Labute approximate surface area is 190 Å². The number of carbonyl (C=O) groups excluding carboxylic acids is 2. The van der Waals surface area contributed by atoms with Gasteiger partial charge in [0.2, 0.25) is 0 Å². The van der Waals surface area contributed by atoms with Crippen LogP contribution >= 0.6 is 0 Å². The second-order valence-corrected chi connectivity index (χ2v) is 8.74. The van der Waals surface area contributed by atoms with Crippen molar-refractivity contribution in [2.24, 2.45) is 0 Å². The molecule has 0 atom stereocenters. The van der Waals surface area contributed by atoms with E-state index in [9.17, 15) is 9.59 Å². The number of benzene rings is 1. The molecule has 1 aromatic carbocycles. The molecule has 3 aromatic heterocycles. The molecule has 4 aromatic rings. The number of hydrogen-bond donors (Lipinski definition) is 4. The lowest BCUT2D eigenvalue weighted by atomic mass is 9.79. The Balaban J connectivity index is 1.36. The number of rotatable bonds is 5. The largest absolute Gasteiger partial charge is 0.365 e. The topological polar surface area (TPSA) is 112 Å². The van der Waals surface area contributed by atoms with Gasteiger partial charge in [-0.25, -0.2) is 9.97 Å². The Morgan fingerprint density at radius 3 is 2.88 bits per heavy atom. The molecule has 8 heteroatoms. The molecule has 1 aliphatic rings. The minimum Gasteiger partial charge on any atom is -0.365 e. The number of nitrogens with zero attached hydrogens (tertiary/aromatic N) is 2. The second kappa shape index (κ2) is 8.05. The van der Waals surface area contributed by atoms with Crippen LogP contribution in [0, 0.1) is 0 Å². The maximum atomic E-state index is 13.1. The van der Waals surface area contributed by atoms with Crippen molar-refractivity contribution in [1.29, 1.82) is 0 Å². The molecule has 0 bridgehead atoms. The fourth-order valence-corrected chi connectivity index (χ4v) is 4.17. The number of nitrogens with one attached hydrogen (secondary N) is 4. The van der Waals surface area contributed by atoms with Gasteiger partial charge in [-0.1, -0.05) is 19.9 Å². The molecule has 33 heavy (non-hydrogen) atoms. The molecule has 0 saturated carbocycles. The van der Waals surface area contributed by atoms with E-state index in [2.05, 4.69) is 44.7 Å². The SMILES string of the molecule is CC1(C)CNC(=O)c2cc(NC(=O)c3cccnc3NCc3ccnc4[nH]ccc34)ccc21. The van der Waals surface area contributed by atoms with Gasteiger partial charge in [-0.2, -0.15) is 0 Å². The van der Waals surface area contributed by atoms with Gasteiger partial charge in [-0.3, -0.25) is 9.59 Å². The third-order valence-corrected chi connectivity index (χ3v) is 5.99. The Hall–Kier alpha value is -4.20. The monoisotopic (exact) mass is 440 g/mol. The first-order valence-electron chi connectivity index (χ1n) is 10.8. The van der Waals surface area contributed by atoms with E-state index in [1.807, 2.05) is 30.5 Å². The zero-order chi connectivity index (χ0) is 23.0. The quantitative estimate of drug-likeness (QED) is 0.377. The van der Waals surface area contributed by atoms with Crippen LogP contribution in [-0.4, -0.2) is 33.3 Å². The Morgan fingerprint density at radius 1 is 1.12 bits per heavy atom. The summed E-state index contributed by atoms with van der Waals surface area (Å²) in [4.78, 5) is 37.2. The minimum atomic E-state index is -0.303. The van der Waals surface area contributed by atoms with Crippen LogP contribution in [0.5, 0.6) is 0 Å². The van der Waals surface area contributed by atoms with E-state index in [1.165, 1.54) is 0 Å². The van der Waals surface area contributed by atoms with Crippen LogP contribution in [0.15, 0.2) is 61.1 Å². The van der Waals surface area contributed by atoms with Crippen molar-refractivity contribution in [3.63, 3.8) is 0 Å². The van der Waals surface area contributed by atoms with Crippen molar-refractivity contribution < 1.29 is 9.59 Å². The third-order valence-electron chi connectivity index (χ3n) is 5.99. The molecule has 1 aliphatic heterocycles. The van der Waals surface area contributed by atoms with Crippen LogP contribution in [0.25, 0.3) is 11.0 Å². The van der Waals surface area contributed by atoms with Gasteiger partial charge in [-0.05, 0) is 47.5 Å². The molecule has 166 valence electrons. The van der Waals surface area contributed by atoms with Crippen molar-refractivity contribution in [3.05, 3.63) is 83.3 Å². The summed E-state index contributed by atoms with van der Waals surface area (Å²) in [6, 6.07) is 12.8. The average molecular weight is 441 g/mol. The van der Waals surface area contributed by atoms with Crippen LogP contribution < -0.4 is 16.0 Å². The van der Waals surface area contributed by atoms with Gasteiger partial charge in [-0.15, -0.1) is 0 Å². The maximum absolute atomic E-state index is 13.1. The number of carbonyl (C=O) groups is 2. The van der Waals surface area contributed by atoms with Gasteiger partial charge in [0.05, 0.1) is 5.56 Å². The summed E-state index contributed by atoms with van der Waals surface area (Å²) >= 11 is 0. The van der Waals surface area contributed by atoms with Crippen LogP contribution in [0.1, 0.15) is 45.7 Å². The number of H-pyrrole nitrogens is 1. The summed E-state index contributed by atoms with van der Waals surface area (Å²) in [7, 11) is 0. The van der Waals surface area contributed by atoms with Crippen molar-refractivity contribution in [1.82, 2.24) is 20.3 Å². The van der Waals surface area contributed by atoms with E-state index in [0.29, 0.717) is 35.7 Å². The number of aromatic nitrogens is 3. The van der Waals surface area contributed by atoms with Gasteiger partial charge in [0.1, 0.15) is 11.5 Å².